The van der Waals surface area contributed by atoms with Crippen LogP contribution >= 0.6 is 0 Å². The number of anilines is 1. The number of rotatable bonds is 7. The van der Waals surface area contributed by atoms with Crippen molar-refractivity contribution in [1.82, 2.24) is 5.32 Å². The van der Waals surface area contributed by atoms with E-state index in [9.17, 15) is 24.6 Å². The fourth-order valence-corrected chi connectivity index (χ4v) is 4.37. The summed E-state index contributed by atoms with van der Waals surface area (Å²) in [6, 6.07) is 19.7. The third kappa shape index (κ3) is 5.27. The molecule has 3 aromatic carbocycles. The summed E-state index contributed by atoms with van der Waals surface area (Å²) in [5, 5.41) is 24.0. The van der Waals surface area contributed by atoms with E-state index in [2.05, 4.69) is 22.8 Å². The van der Waals surface area contributed by atoms with Gasteiger partial charge < -0.3 is 25.6 Å². The Labute approximate surface area is 202 Å². The number of aromatic hydroxyl groups is 1. The molecule has 0 unspecified atom stereocenters. The average molecular weight is 475 g/mol. The number of fused-ring (bicyclic) bond motifs is 3. The van der Waals surface area contributed by atoms with Gasteiger partial charge in [0.05, 0.1) is 11.3 Å². The second-order valence-corrected chi connectivity index (χ2v) is 9.09. The van der Waals surface area contributed by atoms with Crippen LogP contribution in [-0.2, 0) is 9.53 Å². The largest absolute Gasteiger partial charge is 0.508 e. The smallest absolute Gasteiger partial charge is 0.407 e. The van der Waals surface area contributed by atoms with Crippen LogP contribution in [0.15, 0.2) is 66.7 Å². The highest BCUT2D eigenvalue weighted by Gasteiger charge is 2.30. The van der Waals surface area contributed by atoms with Crippen LogP contribution in [-0.4, -0.2) is 40.3 Å². The molecular weight excluding hydrogens is 448 g/mol. The Morgan fingerprint density at radius 1 is 0.943 bits per heavy atom. The number of carboxylic acid groups (broad SMARTS) is 1. The summed E-state index contributed by atoms with van der Waals surface area (Å²) < 4.78 is 5.55. The van der Waals surface area contributed by atoms with Crippen molar-refractivity contribution in [3.63, 3.8) is 0 Å². The summed E-state index contributed by atoms with van der Waals surface area (Å²) in [7, 11) is 0. The van der Waals surface area contributed by atoms with Crippen LogP contribution in [0.3, 0.4) is 0 Å². The Hall–Kier alpha value is -4.33. The van der Waals surface area contributed by atoms with Gasteiger partial charge in [0.1, 0.15) is 12.4 Å². The van der Waals surface area contributed by atoms with Crippen LogP contribution in [0.25, 0.3) is 11.1 Å². The molecule has 4 rings (SSSR count). The minimum Gasteiger partial charge on any atom is -0.508 e. The van der Waals surface area contributed by atoms with Gasteiger partial charge in [-0.2, -0.15) is 0 Å². The fourth-order valence-electron chi connectivity index (χ4n) is 4.37. The summed E-state index contributed by atoms with van der Waals surface area (Å²) in [5.74, 6) is -2.09. The molecule has 0 fully saturated rings. The molecule has 8 heteroatoms. The van der Waals surface area contributed by atoms with Crippen molar-refractivity contribution in [2.75, 3.05) is 11.9 Å². The lowest BCUT2D eigenvalue weighted by Crippen LogP contribution is -2.46. The third-order valence-corrected chi connectivity index (χ3v) is 5.89. The zero-order valence-electron chi connectivity index (χ0n) is 19.4. The van der Waals surface area contributed by atoms with Gasteiger partial charge in [-0.3, -0.25) is 4.79 Å². The first-order chi connectivity index (χ1) is 16.6. The molecule has 180 valence electrons. The lowest BCUT2D eigenvalue weighted by molar-refractivity contribution is -0.117. The molecule has 3 aromatic rings. The molecule has 0 saturated carbocycles. The number of carbonyl (C=O) groups is 3. The SMILES string of the molecule is CC(C)(CC(=O)Nc1ccc(O)cc1C(=O)O)NC(=O)OCC1c2ccccc2-c2ccccc21. The summed E-state index contributed by atoms with van der Waals surface area (Å²) in [6.07, 6.45) is -0.780. The van der Waals surface area contributed by atoms with Crippen LogP contribution in [0, 0.1) is 0 Å². The molecule has 0 aromatic heterocycles. The van der Waals surface area contributed by atoms with Gasteiger partial charge in [-0.1, -0.05) is 48.5 Å². The first-order valence-electron chi connectivity index (χ1n) is 11.1. The van der Waals surface area contributed by atoms with Gasteiger partial charge in [-0.15, -0.1) is 0 Å². The number of benzene rings is 3. The average Bonchev–Trinajstić information content (AvgIpc) is 3.12. The number of hydrogen-bond acceptors (Lipinski definition) is 5. The van der Waals surface area contributed by atoms with Gasteiger partial charge >= 0.3 is 12.1 Å². The molecule has 8 nitrogen and oxygen atoms in total. The molecule has 0 saturated heterocycles. The van der Waals surface area contributed by atoms with E-state index >= 15 is 0 Å². The number of hydrogen-bond donors (Lipinski definition) is 4. The quantitative estimate of drug-likeness (QED) is 0.367. The van der Waals surface area contributed by atoms with E-state index in [4.69, 9.17) is 4.74 Å². The summed E-state index contributed by atoms with van der Waals surface area (Å²) in [5.41, 5.74) is 3.31. The van der Waals surface area contributed by atoms with Crippen molar-refractivity contribution < 1.29 is 29.3 Å². The molecule has 0 radical (unpaired) electrons. The zero-order valence-corrected chi connectivity index (χ0v) is 19.4. The molecule has 0 bridgehead atoms. The minimum absolute atomic E-state index is 0.0530. The molecule has 1 aliphatic carbocycles. The van der Waals surface area contributed by atoms with Gasteiger partial charge in [0.2, 0.25) is 5.91 Å². The Kier molecular flexibility index (Phi) is 6.46. The van der Waals surface area contributed by atoms with E-state index in [1.165, 1.54) is 12.1 Å². The molecule has 0 heterocycles. The lowest BCUT2D eigenvalue weighted by Gasteiger charge is -2.26. The van der Waals surface area contributed by atoms with Crippen molar-refractivity contribution >= 4 is 23.7 Å². The molecule has 0 atom stereocenters. The van der Waals surface area contributed by atoms with Gasteiger partial charge in [0.25, 0.3) is 0 Å². The molecule has 0 aliphatic heterocycles. The van der Waals surface area contributed by atoms with Crippen molar-refractivity contribution in [2.45, 2.75) is 31.7 Å². The van der Waals surface area contributed by atoms with Crippen LogP contribution in [0.5, 0.6) is 5.75 Å². The van der Waals surface area contributed by atoms with E-state index in [0.29, 0.717) is 0 Å². The number of carbonyl (C=O) groups excluding carboxylic acids is 2. The van der Waals surface area contributed by atoms with E-state index in [1.54, 1.807) is 13.8 Å². The molecular formula is C27H26N2O6. The predicted octanol–water partition coefficient (Wildman–Crippen LogP) is 4.74. The Morgan fingerprint density at radius 3 is 2.14 bits per heavy atom. The Balaban J connectivity index is 1.36. The first-order valence-corrected chi connectivity index (χ1v) is 11.1. The number of amides is 2. The normalized spacial score (nSPS) is 12.4. The van der Waals surface area contributed by atoms with Crippen LogP contribution in [0.1, 0.15) is 47.7 Å². The topological polar surface area (TPSA) is 125 Å². The van der Waals surface area contributed by atoms with Gasteiger partial charge in [-0.25, -0.2) is 9.59 Å². The standard InChI is InChI=1S/C27H26N2O6/c1-27(2,14-24(31)28-23-12-11-16(30)13-21(23)25(32)33)29-26(34)35-15-22-19-9-5-3-7-17(19)18-8-4-6-10-20(18)22/h3-13,22,30H,14-15H2,1-2H3,(H,28,31)(H,29,34)(H,32,33). The number of alkyl carbamates (subject to hydrolysis) is 1. The van der Waals surface area contributed by atoms with Crippen molar-refractivity contribution in [2.24, 2.45) is 0 Å². The molecule has 2 amide bonds. The van der Waals surface area contributed by atoms with Gasteiger partial charge in [0, 0.05) is 17.9 Å². The maximum atomic E-state index is 12.6. The van der Waals surface area contributed by atoms with Gasteiger partial charge in [0.15, 0.2) is 0 Å². The summed E-state index contributed by atoms with van der Waals surface area (Å²) in [6.45, 7) is 3.49. The molecule has 35 heavy (non-hydrogen) atoms. The summed E-state index contributed by atoms with van der Waals surface area (Å²) >= 11 is 0. The van der Waals surface area contributed by atoms with Crippen molar-refractivity contribution in [3.05, 3.63) is 83.4 Å². The molecule has 0 spiro atoms. The zero-order chi connectivity index (χ0) is 25.2. The number of aromatic carboxylic acids is 1. The van der Waals surface area contributed by atoms with E-state index in [1.807, 2.05) is 36.4 Å². The monoisotopic (exact) mass is 474 g/mol. The third-order valence-electron chi connectivity index (χ3n) is 5.89. The van der Waals surface area contributed by atoms with Crippen molar-refractivity contribution in [1.29, 1.82) is 0 Å². The van der Waals surface area contributed by atoms with Crippen LogP contribution < -0.4 is 10.6 Å². The van der Waals surface area contributed by atoms with Crippen LogP contribution in [0.2, 0.25) is 0 Å². The second-order valence-electron chi connectivity index (χ2n) is 9.09. The number of ether oxygens (including phenoxy) is 1. The highest BCUT2D eigenvalue weighted by atomic mass is 16.5. The Morgan fingerprint density at radius 2 is 1.54 bits per heavy atom. The number of phenols is 1. The minimum atomic E-state index is -1.28. The van der Waals surface area contributed by atoms with Gasteiger partial charge in [-0.05, 0) is 54.3 Å². The van der Waals surface area contributed by atoms with E-state index in [-0.39, 0.29) is 35.9 Å². The molecule has 1 aliphatic rings. The van der Waals surface area contributed by atoms with Crippen molar-refractivity contribution in [3.8, 4) is 16.9 Å². The predicted molar refractivity (Wildman–Crippen MR) is 131 cm³/mol. The highest BCUT2D eigenvalue weighted by molar-refractivity contribution is 6.01. The highest BCUT2D eigenvalue weighted by Crippen LogP contribution is 2.44. The summed E-state index contributed by atoms with van der Waals surface area (Å²) in [4.78, 5) is 36.5. The van der Waals surface area contributed by atoms with E-state index < -0.39 is 23.5 Å². The number of nitrogens with one attached hydrogen (secondary N) is 2. The lowest BCUT2D eigenvalue weighted by atomic mass is 9.98. The maximum absolute atomic E-state index is 12.6. The maximum Gasteiger partial charge on any atom is 0.407 e. The van der Waals surface area contributed by atoms with Crippen LogP contribution in [0.4, 0.5) is 10.5 Å². The fraction of sp³-hybridized carbons (Fsp3) is 0.222. The van der Waals surface area contributed by atoms with E-state index in [0.717, 1.165) is 28.3 Å². The first kappa shape index (κ1) is 23.8. The molecule has 4 N–H and O–H groups in total. The Bertz CT molecular complexity index is 1250. The number of phenolic OH excluding ortho intramolecular Hbond substituents is 1. The number of carboxylic acids is 1. The second kappa shape index (κ2) is 9.50.